The second-order valence-electron chi connectivity index (χ2n) is 1.78. The maximum absolute atomic E-state index is 8.16. The Hall–Kier alpha value is -1.55. The molecule has 0 heterocycles. The molecule has 1 aromatic rings. The Morgan fingerprint density at radius 1 is 1.20 bits per heavy atom. The van der Waals surface area contributed by atoms with Gasteiger partial charge >= 0.3 is 0 Å². The third kappa shape index (κ3) is 1.75. The molecule has 1 heteroatoms. The molecule has 0 atom stereocenters. The van der Waals surface area contributed by atoms with E-state index >= 15 is 0 Å². The predicted molar refractivity (Wildman–Crippen MR) is 39.0 cm³/mol. The molecule has 10 heavy (non-hydrogen) atoms. The minimum atomic E-state index is 0.934. The molecule has 0 N–H and O–H groups in total. The molecule has 0 fully saturated rings. The van der Waals surface area contributed by atoms with Gasteiger partial charge in [-0.2, -0.15) is 5.26 Å². The van der Waals surface area contributed by atoms with E-state index in [-0.39, 0.29) is 0 Å². The highest BCUT2D eigenvalue weighted by Gasteiger charge is 1.80. The molecule has 0 aliphatic rings. The van der Waals surface area contributed by atoms with Crippen LogP contribution in [0, 0.1) is 17.4 Å². The zero-order chi connectivity index (χ0) is 7.23. The zero-order valence-electron chi connectivity index (χ0n) is 5.41. The van der Waals surface area contributed by atoms with Crippen LogP contribution in [0.2, 0.25) is 0 Å². The van der Waals surface area contributed by atoms with Crippen molar-refractivity contribution in [2.75, 3.05) is 0 Å². The average Bonchev–Trinajstić information content (AvgIpc) is 2.03. The van der Waals surface area contributed by atoms with Crippen LogP contribution in [0.4, 0.5) is 0 Å². The molecule has 0 aromatic heterocycles. The summed E-state index contributed by atoms with van der Waals surface area (Å²) in [6.07, 6.45) is 4.15. The first-order valence-corrected chi connectivity index (χ1v) is 2.96. The molecule has 0 spiro atoms. The lowest BCUT2D eigenvalue weighted by Crippen LogP contribution is -1.68. The summed E-state index contributed by atoms with van der Waals surface area (Å²) in [5, 5.41) is 8.16. The molecule has 0 amide bonds. The van der Waals surface area contributed by atoms with Gasteiger partial charge in [-0.3, -0.25) is 0 Å². The molecule has 0 saturated carbocycles. The predicted octanol–water partition coefficient (Wildman–Crippen LogP) is 1.92. The molecular formula is C9H6N. The van der Waals surface area contributed by atoms with Crippen molar-refractivity contribution in [3.8, 4) is 6.07 Å². The summed E-state index contributed by atoms with van der Waals surface area (Å²) >= 11 is 0. The number of hydrogen-bond donors (Lipinski definition) is 0. The number of nitrogens with zero attached hydrogens (tertiary/aromatic N) is 1. The highest BCUT2D eigenvalue weighted by Crippen LogP contribution is 1.96. The standard InChI is InChI=1S/C9H6N/c10-8-4-7-9-5-2-1-3-6-9/h1-6H. The van der Waals surface area contributed by atoms with Crippen LogP contribution in [0.15, 0.2) is 36.4 Å². The summed E-state index contributed by atoms with van der Waals surface area (Å²) in [5.41, 5.74) is 0.934. The van der Waals surface area contributed by atoms with Gasteiger partial charge in [0, 0.05) is 12.2 Å². The van der Waals surface area contributed by atoms with E-state index in [0.717, 1.165) is 5.56 Å². The molecule has 0 aliphatic heterocycles. The van der Waals surface area contributed by atoms with Crippen LogP contribution >= 0.6 is 0 Å². The van der Waals surface area contributed by atoms with Gasteiger partial charge in [-0.15, -0.1) is 0 Å². The van der Waals surface area contributed by atoms with Crippen molar-refractivity contribution in [2.24, 2.45) is 0 Å². The van der Waals surface area contributed by atoms with Gasteiger partial charge in [-0.25, -0.2) is 0 Å². The third-order valence-corrected chi connectivity index (χ3v) is 1.08. The van der Waals surface area contributed by atoms with Crippen LogP contribution in [0.1, 0.15) is 5.56 Å². The molecule has 0 unspecified atom stereocenters. The first-order chi connectivity index (χ1) is 4.93. The fraction of sp³-hybridized carbons (Fsp3) is 0. The first-order valence-electron chi connectivity index (χ1n) is 2.96. The minimum absolute atomic E-state index is 0.934. The molecular weight excluding hydrogens is 122 g/mol. The number of hydrogen-bond acceptors (Lipinski definition) is 1. The monoisotopic (exact) mass is 128 g/mol. The third-order valence-electron chi connectivity index (χ3n) is 1.08. The van der Waals surface area contributed by atoms with Crippen molar-refractivity contribution in [1.82, 2.24) is 0 Å². The van der Waals surface area contributed by atoms with Gasteiger partial charge in [-0.1, -0.05) is 30.3 Å². The van der Waals surface area contributed by atoms with Gasteiger partial charge in [0.1, 0.15) is 0 Å². The number of benzene rings is 1. The van der Waals surface area contributed by atoms with Gasteiger partial charge in [0.25, 0.3) is 0 Å². The fourth-order valence-electron chi connectivity index (χ4n) is 0.650. The highest BCUT2D eigenvalue weighted by atomic mass is 14.2. The fourth-order valence-corrected chi connectivity index (χ4v) is 0.650. The quantitative estimate of drug-likeness (QED) is 0.530. The van der Waals surface area contributed by atoms with E-state index in [1.807, 2.05) is 36.4 Å². The van der Waals surface area contributed by atoms with E-state index < -0.39 is 0 Å². The summed E-state index contributed by atoms with van der Waals surface area (Å²) in [6.45, 7) is 0. The summed E-state index contributed by atoms with van der Waals surface area (Å²) < 4.78 is 0. The number of rotatable bonds is 1. The van der Waals surface area contributed by atoms with Gasteiger partial charge in [0.05, 0.1) is 6.07 Å². The van der Waals surface area contributed by atoms with Crippen LogP contribution in [0.3, 0.4) is 0 Å². The molecule has 0 saturated heterocycles. The van der Waals surface area contributed by atoms with Crippen molar-refractivity contribution in [2.45, 2.75) is 0 Å². The Kier molecular flexibility index (Phi) is 2.28. The summed E-state index contributed by atoms with van der Waals surface area (Å²) in [5.74, 6) is 0. The van der Waals surface area contributed by atoms with Crippen LogP contribution in [0.5, 0.6) is 0 Å². The Bertz CT molecular complexity index is 254. The van der Waals surface area contributed by atoms with E-state index in [9.17, 15) is 0 Å². The van der Waals surface area contributed by atoms with Crippen molar-refractivity contribution >= 4 is 0 Å². The number of allylic oxidation sites excluding steroid dienone is 1. The van der Waals surface area contributed by atoms with E-state index in [4.69, 9.17) is 5.26 Å². The summed E-state index contributed by atoms with van der Waals surface area (Å²) in [4.78, 5) is 0. The van der Waals surface area contributed by atoms with Crippen LogP contribution in [0.25, 0.3) is 0 Å². The van der Waals surface area contributed by atoms with Crippen molar-refractivity contribution in [1.29, 1.82) is 5.26 Å². The first kappa shape index (κ1) is 6.57. The maximum atomic E-state index is 8.16. The highest BCUT2D eigenvalue weighted by molar-refractivity contribution is 5.23. The zero-order valence-corrected chi connectivity index (χ0v) is 5.41. The molecule has 1 rings (SSSR count). The Morgan fingerprint density at radius 2 is 1.90 bits per heavy atom. The molecule has 1 aromatic carbocycles. The second-order valence-corrected chi connectivity index (χ2v) is 1.78. The second kappa shape index (κ2) is 3.47. The molecule has 0 bridgehead atoms. The van der Waals surface area contributed by atoms with Crippen LogP contribution in [-0.2, 0) is 0 Å². The van der Waals surface area contributed by atoms with E-state index in [0.29, 0.717) is 0 Å². The normalized spacial score (nSPS) is 9.50. The van der Waals surface area contributed by atoms with Gasteiger partial charge < -0.3 is 0 Å². The smallest absolute Gasteiger partial charge is 0.0918 e. The Morgan fingerprint density at radius 3 is 2.50 bits per heavy atom. The summed E-state index contributed by atoms with van der Waals surface area (Å²) in [7, 11) is 0. The summed E-state index contributed by atoms with van der Waals surface area (Å²) in [6, 6.07) is 11.4. The molecule has 1 nitrogen and oxygen atoms in total. The van der Waals surface area contributed by atoms with Gasteiger partial charge in [-0.05, 0) is 5.56 Å². The minimum Gasteiger partial charge on any atom is -0.193 e. The van der Waals surface area contributed by atoms with E-state index in [1.165, 1.54) is 6.08 Å². The van der Waals surface area contributed by atoms with E-state index in [1.54, 1.807) is 0 Å². The lowest BCUT2D eigenvalue weighted by molar-refractivity contribution is 1.51. The molecule has 47 valence electrons. The van der Waals surface area contributed by atoms with Crippen LogP contribution < -0.4 is 0 Å². The van der Waals surface area contributed by atoms with Crippen molar-refractivity contribution < 1.29 is 0 Å². The van der Waals surface area contributed by atoms with Gasteiger partial charge in [0.2, 0.25) is 0 Å². The maximum Gasteiger partial charge on any atom is 0.0918 e. The Balaban J connectivity index is 2.79. The lowest BCUT2D eigenvalue weighted by Gasteiger charge is -1.85. The molecule has 1 radical (unpaired) electrons. The Labute approximate surface area is 60.2 Å². The van der Waals surface area contributed by atoms with Gasteiger partial charge in [0.15, 0.2) is 0 Å². The lowest BCUT2D eigenvalue weighted by atomic mass is 10.2. The largest absolute Gasteiger partial charge is 0.193 e. The number of nitriles is 1. The van der Waals surface area contributed by atoms with Crippen molar-refractivity contribution in [3.05, 3.63) is 48.0 Å². The van der Waals surface area contributed by atoms with Crippen LogP contribution in [-0.4, -0.2) is 0 Å². The average molecular weight is 128 g/mol. The SMILES string of the molecule is N#C/C=[C]\c1ccccc1. The van der Waals surface area contributed by atoms with Crippen molar-refractivity contribution in [3.63, 3.8) is 0 Å². The topological polar surface area (TPSA) is 23.8 Å². The van der Waals surface area contributed by atoms with E-state index in [2.05, 4.69) is 6.08 Å². The molecule has 0 aliphatic carbocycles.